The van der Waals surface area contributed by atoms with Gasteiger partial charge in [0.05, 0.1) is 0 Å². The lowest BCUT2D eigenvalue weighted by Gasteiger charge is -2.27. The molecule has 0 N–H and O–H groups in total. The van der Waals surface area contributed by atoms with Gasteiger partial charge in [-0.3, -0.25) is 0 Å². The lowest BCUT2D eigenvalue weighted by atomic mass is 9.93. The number of rotatable bonds is 8. The minimum atomic E-state index is 1.05. The summed E-state index contributed by atoms with van der Waals surface area (Å²) >= 11 is 0. The van der Waals surface area contributed by atoms with Crippen molar-refractivity contribution in [1.82, 2.24) is 0 Å². The molecule has 0 saturated carbocycles. The van der Waals surface area contributed by atoms with Crippen molar-refractivity contribution in [2.45, 2.75) is 0 Å². The summed E-state index contributed by atoms with van der Waals surface area (Å²) in [6.45, 7) is 7.78. The van der Waals surface area contributed by atoms with Gasteiger partial charge in [0.15, 0.2) is 0 Å². The summed E-state index contributed by atoms with van der Waals surface area (Å²) < 4.78 is 0. The lowest BCUT2D eigenvalue weighted by molar-refractivity contribution is 1.28. The fraction of sp³-hybridized carbons (Fsp3) is 0. The van der Waals surface area contributed by atoms with Crippen molar-refractivity contribution in [3.05, 3.63) is 170 Å². The molecule has 0 unspecified atom stereocenters. The average Bonchev–Trinajstić information content (AvgIpc) is 2.98. The Morgan fingerprint density at radius 2 is 1.03 bits per heavy atom. The fourth-order valence-corrected chi connectivity index (χ4v) is 4.63. The van der Waals surface area contributed by atoms with E-state index in [2.05, 4.69) is 152 Å². The maximum absolute atomic E-state index is 3.95. The monoisotopic (exact) mass is 475 g/mol. The molecular formula is C36H29N. The first-order valence-corrected chi connectivity index (χ1v) is 12.4. The van der Waals surface area contributed by atoms with Gasteiger partial charge in [-0.25, -0.2) is 0 Å². The molecule has 0 aromatic heterocycles. The van der Waals surface area contributed by atoms with E-state index in [-0.39, 0.29) is 0 Å². The Kier molecular flexibility index (Phi) is 7.24. The Morgan fingerprint density at radius 3 is 1.59 bits per heavy atom. The van der Waals surface area contributed by atoms with Crippen LogP contribution in [0.5, 0.6) is 0 Å². The number of anilines is 3. The van der Waals surface area contributed by atoms with Crippen LogP contribution < -0.4 is 4.90 Å². The highest BCUT2D eigenvalue weighted by Crippen LogP contribution is 2.40. The predicted octanol–water partition coefficient (Wildman–Crippen LogP) is 10.2. The van der Waals surface area contributed by atoms with Crippen LogP contribution in [0.3, 0.4) is 0 Å². The van der Waals surface area contributed by atoms with Crippen LogP contribution in [-0.4, -0.2) is 0 Å². The van der Waals surface area contributed by atoms with Crippen molar-refractivity contribution in [3.8, 4) is 22.3 Å². The first-order valence-electron chi connectivity index (χ1n) is 12.4. The standard InChI is InChI=1S/C36H29N/c1-3-14-28(4-2)29-21-23-33(24-22-29)37(32-19-12-7-13-20-32)34-25-26-35(30-15-8-5-9-16-30)36(27-34)31-17-10-6-11-18-31/h3-27H,1-2H2/b28-14+. The summed E-state index contributed by atoms with van der Waals surface area (Å²) in [7, 11) is 0. The van der Waals surface area contributed by atoms with Gasteiger partial charge in [0.2, 0.25) is 0 Å². The zero-order valence-corrected chi connectivity index (χ0v) is 20.8. The summed E-state index contributed by atoms with van der Waals surface area (Å²) in [5.74, 6) is 0. The van der Waals surface area contributed by atoms with E-state index in [1.165, 1.54) is 22.3 Å². The highest BCUT2D eigenvalue weighted by atomic mass is 15.1. The maximum atomic E-state index is 3.95. The molecule has 5 rings (SSSR count). The zero-order chi connectivity index (χ0) is 25.5. The van der Waals surface area contributed by atoms with E-state index in [0.29, 0.717) is 0 Å². The Morgan fingerprint density at radius 1 is 0.514 bits per heavy atom. The third-order valence-electron chi connectivity index (χ3n) is 6.42. The third kappa shape index (κ3) is 5.22. The molecule has 0 amide bonds. The van der Waals surface area contributed by atoms with Crippen LogP contribution in [0.25, 0.3) is 27.8 Å². The van der Waals surface area contributed by atoms with Crippen molar-refractivity contribution in [3.63, 3.8) is 0 Å². The van der Waals surface area contributed by atoms with Gasteiger partial charge in [-0.05, 0) is 69.8 Å². The van der Waals surface area contributed by atoms with Gasteiger partial charge in [0.25, 0.3) is 0 Å². The second-order valence-electron chi connectivity index (χ2n) is 8.74. The van der Waals surface area contributed by atoms with Crippen molar-refractivity contribution < 1.29 is 0 Å². The lowest BCUT2D eigenvalue weighted by Crippen LogP contribution is -2.10. The molecule has 0 aliphatic heterocycles. The Balaban J connectivity index is 1.67. The predicted molar refractivity (Wildman–Crippen MR) is 160 cm³/mol. The number of para-hydroxylation sites is 1. The molecule has 0 saturated heterocycles. The number of hydrogen-bond donors (Lipinski definition) is 0. The van der Waals surface area contributed by atoms with E-state index in [9.17, 15) is 0 Å². The van der Waals surface area contributed by atoms with Gasteiger partial charge in [-0.2, -0.15) is 0 Å². The van der Waals surface area contributed by atoms with Gasteiger partial charge < -0.3 is 4.90 Å². The van der Waals surface area contributed by atoms with E-state index < -0.39 is 0 Å². The summed E-state index contributed by atoms with van der Waals surface area (Å²) in [6.07, 6.45) is 5.63. The largest absolute Gasteiger partial charge is 0.310 e. The topological polar surface area (TPSA) is 3.24 Å². The maximum Gasteiger partial charge on any atom is 0.0468 e. The minimum absolute atomic E-state index is 1.05. The van der Waals surface area contributed by atoms with E-state index in [0.717, 1.165) is 28.2 Å². The molecule has 0 fully saturated rings. The number of nitrogens with zero attached hydrogens (tertiary/aromatic N) is 1. The minimum Gasteiger partial charge on any atom is -0.310 e. The van der Waals surface area contributed by atoms with Gasteiger partial charge in [-0.15, -0.1) is 0 Å². The Bertz CT molecular complexity index is 1510. The molecule has 5 aromatic rings. The van der Waals surface area contributed by atoms with Crippen LogP contribution >= 0.6 is 0 Å². The third-order valence-corrected chi connectivity index (χ3v) is 6.42. The van der Waals surface area contributed by atoms with Crippen molar-refractivity contribution in [1.29, 1.82) is 0 Å². The number of benzene rings is 5. The zero-order valence-electron chi connectivity index (χ0n) is 20.8. The second kappa shape index (κ2) is 11.2. The van der Waals surface area contributed by atoms with Crippen molar-refractivity contribution in [2.24, 2.45) is 0 Å². The highest BCUT2D eigenvalue weighted by Gasteiger charge is 2.16. The molecule has 1 nitrogen and oxygen atoms in total. The Labute approximate surface area is 220 Å². The molecule has 37 heavy (non-hydrogen) atoms. The molecule has 0 bridgehead atoms. The summed E-state index contributed by atoms with van der Waals surface area (Å²) in [5, 5.41) is 0. The van der Waals surface area contributed by atoms with Crippen LogP contribution in [0.1, 0.15) is 5.56 Å². The number of hydrogen-bond acceptors (Lipinski definition) is 1. The van der Waals surface area contributed by atoms with Gasteiger partial charge in [-0.1, -0.05) is 128 Å². The first kappa shape index (κ1) is 23.8. The summed E-state index contributed by atoms with van der Waals surface area (Å²) in [4.78, 5) is 2.30. The summed E-state index contributed by atoms with van der Waals surface area (Å²) in [6, 6.07) is 47.0. The average molecular weight is 476 g/mol. The second-order valence-corrected chi connectivity index (χ2v) is 8.74. The van der Waals surface area contributed by atoms with Gasteiger partial charge in [0, 0.05) is 17.1 Å². The molecule has 0 radical (unpaired) electrons. The van der Waals surface area contributed by atoms with E-state index in [1.54, 1.807) is 6.08 Å². The first-order chi connectivity index (χ1) is 18.3. The van der Waals surface area contributed by atoms with Gasteiger partial charge >= 0.3 is 0 Å². The van der Waals surface area contributed by atoms with E-state index in [1.807, 2.05) is 12.2 Å². The molecule has 0 heterocycles. The highest BCUT2D eigenvalue weighted by molar-refractivity contribution is 5.89. The quantitative estimate of drug-likeness (QED) is 0.202. The van der Waals surface area contributed by atoms with Crippen molar-refractivity contribution in [2.75, 3.05) is 4.90 Å². The smallest absolute Gasteiger partial charge is 0.0468 e. The number of allylic oxidation sites excluding steroid dienone is 4. The molecule has 0 aliphatic carbocycles. The summed E-state index contributed by atoms with van der Waals surface area (Å²) in [5.41, 5.74) is 10.3. The van der Waals surface area contributed by atoms with Crippen molar-refractivity contribution >= 4 is 22.6 Å². The van der Waals surface area contributed by atoms with Crippen LogP contribution in [-0.2, 0) is 0 Å². The van der Waals surface area contributed by atoms with Crippen LogP contribution in [0.2, 0.25) is 0 Å². The van der Waals surface area contributed by atoms with Gasteiger partial charge in [0.1, 0.15) is 0 Å². The molecule has 5 aromatic carbocycles. The fourth-order valence-electron chi connectivity index (χ4n) is 4.63. The van der Waals surface area contributed by atoms with Crippen LogP contribution in [0.4, 0.5) is 17.1 Å². The SMILES string of the molecule is C=C/C=C(\C=C)c1ccc(N(c2ccccc2)c2ccc(-c3ccccc3)c(-c3ccccc3)c2)cc1. The van der Waals surface area contributed by atoms with E-state index >= 15 is 0 Å². The molecule has 1 heteroatoms. The van der Waals surface area contributed by atoms with Crippen LogP contribution in [0.15, 0.2) is 165 Å². The molecule has 178 valence electrons. The molecule has 0 aliphatic rings. The molecule has 0 spiro atoms. The molecule has 0 atom stereocenters. The normalized spacial score (nSPS) is 11.1. The Hall–Kier alpha value is -4.88. The van der Waals surface area contributed by atoms with Crippen LogP contribution in [0, 0.1) is 0 Å². The molecular weight excluding hydrogens is 446 g/mol. The van der Waals surface area contributed by atoms with E-state index in [4.69, 9.17) is 0 Å².